The van der Waals surface area contributed by atoms with Gasteiger partial charge < -0.3 is 15.6 Å². The minimum atomic E-state index is -0.313. The number of nitrogens with two attached hydrogens (primary N) is 1. The third kappa shape index (κ3) is 2.78. The minimum Gasteiger partial charge on any atom is -0.393 e. The summed E-state index contributed by atoms with van der Waals surface area (Å²) in [5.74, 6) is 0.342. The van der Waals surface area contributed by atoms with Gasteiger partial charge in [0.15, 0.2) is 17.7 Å². The summed E-state index contributed by atoms with van der Waals surface area (Å²) in [5, 5.41) is 8.99. The molecule has 0 saturated heterocycles. The Morgan fingerprint density at radius 1 is 1.30 bits per heavy atom. The minimum absolute atomic E-state index is 0. The molecule has 0 saturated carbocycles. The molecule has 0 fully saturated rings. The molecule has 3 heterocycles. The largest absolute Gasteiger partial charge is 0.393 e. The van der Waals surface area contributed by atoms with E-state index in [4.69, 9.17) is 15.6 Å². The Hall–Kier alpha value is -1.99. The highest BCUT2D eigenvalue weighted by Crippen LogP contribution is 2.25. The molecular formula is C13H21N5O2. The van der Waals surface area contributed by atoms with Crippen LogP contribution >= 0.6 is 0 Å². The molecule has 1 aliphatic heterocycles. The predicted octanol–water partition coefficient (Wildman–Crippen LogP) is 1.52. The molecule has 3 N–H and O–H groups in total. The fourth-order valence-corrected chi connectivity index (χ4v) is 1.81. The summed E-state index contributed by atoms with van der Waals surface area (Å²) in [4.78, 5) is 12.2. The van der Waals surface area contributed by atoms with Crippen molar-refractivity contribution in [2.75, 3.05) is 12.3 Å². The molecule has 0 aromatic carbocycles. The first-order valence-electron chi connectivity index (χ1n) is 6.17. The Balaban J connectivity index is 0.000000639. The summed E-state index contributed by atoms with van der Waals surface area (Å²) in [7, 11) is 0. The van der Waals surface area contributed by atoms with E-state index in [-0.39, 0.29) is 26.4 Å². The predicted molar refractivity (Wildman–Crippen MR) is 78.0 cm³/mol. The molecule has 7 nitrogen and oxygen atoms in total. The van der Waals surface area contributed by atoms with Crippen molar-refractivity contribution in [1.82, 2.24) is 19.5 Å². The van der Waals surface area contributed by atoms with E-state index in [1.807, 2.05) is 19.9 Å². The normalized spacial score (nSPS) is 20.4. The molecule has 2 aromatic rings. The highest BCUT2D eigenvalue weighted by Gasteiger charge is 2.22. The number of hydrogen-bond donors (Lipinski definition) is 2. The summed E-state index contributed by atoms with van der Waals surface area (Å²) < 4.78 is 7.31. The average molecular weight is 279 g/mol. The Bertz CT molecular complexity index is 581. The summed E-state index contributed by atoms with van der Waals surface area (Å²) >= 11 is 0. The van der Waals surface area contributed by atoms with Crippen LogP contribution in [0.5, 0.6) is 0 Å². The zero-order chi connectivity index (χ0) is 13.8. The number of aliphatic hydroxyl groups excluding tert-OH is 1. The van der Waals surface area contributed by atoms with Gasteiger partial charge in [-0.15, -0.1) is 0 Å². The first kappa shape index (κ1) is 16.1. The SMILES string of the molecule is C.CC.Nc1ncnc2c1ncn2[C@H]1C=CC(CO)O1. The molecule has 110 valence electrons. The van der Waals surface area contributed by atoms with Gasteiger partial charge in [0.05, 0.1) is 12.9 Å². The van der Waals surface area contributed by atoms with Crippen molar-refractivity contribution >= 4 is 17.0 Å². The summed E-state index contributed by atoms with van der Waals surface area (Å²) in [6, 6.07) is 0. The maximum atomic E-state index is 8.99. The fourth-order valence-electron chi connectivity index (χ4n) is 1.81. The number of hydrogen-bond acceptors (Lipinski definition) is 6. The van der Waals surface area contributed by atoms with E-state index in [2.05, 4.69) is 15.0 Å². The lowest BCUT2D eigenvalue weighted by atomic mass is 10.4. The molecule has 0 bridgehead atoms. The highest BCUT2D eigenvalue weighted by atomic mass is 16.5. The number of nitrogens with zero attached hydrogens (tertiary/aromatic N) is 4. The lowest BCUT2D eigenvalue weighted by molar-refractivity contribution is -0.00638. The van der Waals surface area contributed by atoms with Crippen LogP contribution in [0.4, 0.5) is 5.82 Å². The molecule has 1 aliphatic rings. The van der Waals surface area contributed by atoms with Crippen LogP contribution in [0.3, 0.4) is 0 Å². The Morgan fingerprint density at radius 3 is 2.70 bits per heavy atom. The van der Waals surface area contributed by atoms with E-state index in [1.54, 1.807) is 17.0 Å². The Kier molecular flexibility index (Phi) is 5.60. The van der Waals surface area contributed by atoms with Crippen molar-refractivity contribution in [2.45, 2.75) is 33.6 Å². The third-order valence-electron chi connectivity index (χ3n) is 2.65. The van der Waals surface area contributed by atoms with Crippen molar-refractivity contribution in [3.05, 3.63) is 24.8 Å². The second kappa shape index (κ2) is 6.97. The van der Waals surface area contributed by atoms with Gasteiger partial charge in [-0.25, -0.2) is 15.0 Å². The number of rotatable bonds is 2. The number of fused-ring (bicyclic) bond motifs is 1. The highest BCUT2D eigenvalue weighted by molar-refractivity contribution is 5.81. The Labute approximate surface area is 118 Å². The van der Waals surface area contributed by atoms with Gasteiger partial charge in [0, 0.05) is 0 Å². The molecular weight excluding hydrogens is 258 g/mol. The molecule has 0 amide bonds. The zero-order valence-electron chi connectivity index (χ0n) is 10.9. The van der Waals surface area contributed by atoms with Crippen molar-refractivity contribution in [2.24, 2.45) is 0 Å². The molecule has 3 rings (SSSR count). The molecule has 0 radical (unpaired) electrons. The van der Waals surface area contributed by atoms with Crippen LogP contribution in [0.25, 0.3) is 11.2 Å². The summed E-state index contributed by atoms with van der Waals surface area (Å²) in [6.07, 6.45) is 6.05. The van der Waals surface area contributed by atoms with E-state index < -0.39 is 0 Å². The summed E-state index contributed by atoms with van der Waals surface area (Å²) in [6.45, 7) is 3.96. The fraction of sp³-hybridized carbons (Fsp3) is 0.462. The van der Waals surface area contributed by atoms with Gasteiger partial charge in [0.1, 0.15) is 17.9 Å². The number of nitrogen functional groups attached to an aromatic ring is 1. The van der Waals surface area contributed by atoms with Gasteiger partial charge in [0.2, 0.25) is 0 Å². The van der Waals surface area contributed by atoms with Crippen LogP contribution < -0.4 is 5.73 Å². The zero-order valence-corrected chi connectivity index (χ0v) is 10.9. The lowest BCUT2D eigenvalue weighted by Crippen LogP contribution is -2.15. The van der Waals surface area contributed by atoms with Crippen LogP contribution in [-0.4, -0.2) is 37.3 Å². The smallest absolute Gasteiger partial charge is 0.167 e. The van der Waals surface area contributed by atoms with Gasteiger partial charge in [-0.3, -0.25) is 4.57 Å². The Morgan fingerprint density at radius 2 is 2.05 bits per heavy atom. The molecule has 0 spiro atoms. The van der Waals surface area contributed by atoms with E-state index in [9.17, 15) is 0 Å². The number of imidazole rings is 1. The molecule has 0 aliphatic carbocycles. The van der Waals surface area contributed by atoms with Gasteiger partial charge in [0.25, 0.3) is 0 Å². The number of ether oxygens (including phenoxy) is 1. The number of aliphatic hydroxyl groups is 1. The van der Waals surface area contributed by atoms with Crippen LogP contribution in [0.15, 0.2) is 24.8 Å². The second-order valence-electron chi connectivity index (χ2n) is 3.72. The third-order valence-corrected chi connectivity index (χ3v) is 2.65. The van der Waals surface area contributed by atoms with E-state index in [1.165, 1.54) is 6.33 Å². The van der Waals surface area contributed by atoms with E-state index in [0.29, 0.717) is 17.0 Å². The quantitative estimate of drug-likeness (QED) is 0.808. The van der Waals surface area contributed by atoms with Gasteiger partial charge in [-0.1, -0.05) is 27.4 Å². The lowest BCUT2D eigenvalue weighted by Gasteiger charge is -2.13. The number of aromatic nitrogens is 4. The maximum absolute atomic E-state index is 8.99. The molecule has 1 unspecified atom stereocenters. The van der Waals surface area contributed by atoms with Crippen molar-refractivity contribution < 1.29 is 9.84 Å². The average Bonchev–Trinajstić information content (AvgIpc) is 3.07. The topological polar surface area (TPSA) is 99.1 Å². The standard InChI is InChI=1S/C10H11N5O2.C2H6.CH4/c11-9-8-10(13-4-12-9)15(5-14-8)7-2-1-6(3-16)17-7;1-2;/h1-2,4-7,16H,3H2,(H2,11,12,13);1-2H3;1H4/t6?,7-;;/m1../s1. The van der Waals surface area contributed by atoms with Crippen molar-refractivity contribution in [3.8, 4) is 0 Å². The molecule has 2 aromatic heterocycles. The van der Waals surface area contributed by atoms with Crippen LogP contribution in [0.2, 0.25) is 0 Å². The van der Waals surface area contributed by atoms with Crippen LogP contribution in [0, 0.1) is 0 Å². The van der Waals surface area contributed by atoms with Gasteiger partial charge >= 0.3 is 0 Å². The molecule has 2 atom stereocenters. The molecule has 20 heavy (non-hydrogen) atoms. The van der Waals surface area contributed by atoms with Gasteiger partial charge in [-0.2, -0.15) is 0 Å². The van der Waals surface area contributed by atoms with Crippen LogP contribution in [0.1, 0.15) is 27.5 Å². The van der Waals surface area contributed by atoms with E-state index >= 15 is 0 Å². The van der Waals surface area contributed by atoms with Crippen molar-refractivity contribution in [1.29, 1.82) is 0 Å². The first-order valence-corrected chi connectivity index (χ1v) is 6.17. The monoisotopic (exact) mass is 279 g/mol. The summed E-state index contributed by atoms with van der Waals surface area (Å²) in [5.41, 5.74) is 6.87. The first-order chi connectivity index (χ1) is 9.29. The number of anilines is 1. The second-order valence-corrected chi connectivity index (χ2v) is 3.72. The van der Waals surface area contributed by atoms with E-state index in [0.717, 1.165) is 0 Å². The van der Waals surface area contributed by atoms with Crippen molar-refractivity contribution in [3.63, 3.8) is 0 Å². The van der Waals surface area contributed by atoms with Crippen LogP contribution in [-0.2, 0) is 4.74 Å². The maximum Gasteiger partial charge on any atom is 0.167 e. The van der Waals surface area contributed by atoms with Gasteiger partial charge in [-0.05, 0) is 6.08 Å². The molecule has 7 heteroatoms.